The van der Waals surface area contributed by atoms with E-state index in [1.54, 1.807) is 6.26 Å². The van der Waals surface area contributed by atoms with Gasteiger partial charge in [-0.2, -0.15) is 0 Å². The SMILES string of the molecule is Cc1occc1C1NCC1C(C)C. The molecule has 1 aliphatic rings. The van der Waals surface area contributed by atoms with E-state index in [-0.39, 0.29) is 0 Å². The normalized spacial score (nSPS) is 27.7. The summed E-state index contributed by atoms with van der Waals surface area (Å²) in [5.74, 6) is 2.58. The Morgan fingerprint density at radius 3 is 2.69 bits per heavy atom. The predicted molar refractivity (Wildman–Crippen MR) is 52.5 cm³/mol. The number of hydrogen-bond donors (Lipinski definition) is 1. The van der Waals surface area contributed by atoms with Gasteiger partial charge in [-0.05, 0) is 24.8 Å². The van der Waals surface area contributed by atoms with Crippen molar-refractivity contribution in [3.8, 4) is 0 Å². The highest BCUT2D eigenvalue weighted by atomic mass is 16.3. The second kappa shape index (κ2) is 3.18. The quantitative estimate of drug-likeness (QED) is 0.754. The molecule has 2 heteroatoms. The maximum absolute atomic E-state index is 5.31. The van der Waals surface area contributed by atoms with Crippen LogP contribution in [0.15, 0.2) is 16.7 Å². The van der Waals surface area contributed by atoms with Crippen LogP contribution in [-0.2, 0) is 0 Å². The fraction of sp³-hybridized carbons (Fsp3) is 0.636. The van der Waals surface area contributed by atoms with Crippen molar-refractivity contribution in [3.05, 3.63) is 23.7 Å². The molecule has 13 heavy (non-hydrogen) atoms. The summed E-state index contributed by atoms with van der Waals surface area (Å²) in [5.41, 5.74) is 1.34. The summed E-state index contributed by atoms with van der Waals surface area (Å²) in [6.07, 6.45) is 1.78. The first-order chi connectivity index (χ1) is 6.20. The van der Waals surface area contributed by atoms with Gasteiger partial charge in [0.1, 0.15) is 5.76 Å². The minimum absolute atomic E-state index is 0.527. The largest absolute Gasteiger partial charge is 0.469 e. The second-order valence-electron chi connectivity index (χ2n) is 4.23. The first-order valence-corrected chi connectivity index (χ1v) is 4.97. The van der Waals surface area contributed by atoms with Gasteiger partial charge in [0.15, 0.2) is 0 Å². The molecule has 0 radical (unpaired) electrons. The number of rotatable bonds is 2. The van der Waals surface area contributed by atoms with Gasteiger partial charge < -0.3 is 9.73 Å². The molecule has 1 aromatic heterocycles. The summed E-state index contributed by atoms with van der Waals surface area (Å²) in [6.45, 7) is 7.75. The lowest BCUT2D eigenvalue weighted by Crippen LogP contribution is -2.48. The highest BCUT2D eigenvalue weighted by molar-refractivity contribution is 5.23. The average Bonchev–Trinajstić information content (AvgIpc) is 2.33. The van der Waals surface area contributed by atoms with Gasteiger partial charge in [0.25, 0.3) is 0 Å². The molecule has 1 saturated heterocycles. The van der Waals surface area contributed by atoms with Crippen molar-refractivity contribution in [2.75, 3.05) is 6.54 Å². The minimum Gasteiger partial charge on any atom is -0.469 e. The van der Waals surface area contributed by atoms with Gasteiger partial charge in [-0.15, -0.1) is 0 Å². The summed E-state index contributed by atoms with van der Waals surface area (Å²) in [6, 6.07) is 2.61. The Balaban J connectivity index is 2.15. The van der Waals surface area contributed by atoms with Crippen molar-refractivity contribution in [2.45, 2.75) is 26.8 Å². The van der Waals surface area contributed by atoms with E-state index in [9.17, 15) is 0 Å². The van der Waals surface area contributed by atoms with E-state index in [0.717, 1.165) is 24.1 Å². The molecule has 1 N–H and O–H groups in total. The van der Waals surface area contributed by atoms with Crippen LogP contribution in [0.1, 0.15) is 31.2 Å². The summed E-state index contributed by atoms with van der Waals surface area (Å²) < 4.78 is 5.31. The zero-order chi connectivity index (χ0) is 9.42. The fourth-order valence-electron chi connectivity index (χ4n) is 2.05. The zero-order valence-electron chi connectivity index (χ0n) is 8.50. The Morgan fingerprint density at radius 1 is 1.54 bits per heavy atom. The highest BCUT2D eigenvalue weighted by Crippen LogP contribution is 2.36. The molecule has 0 saturated carbocycles. The Morgan fingerprint density at radius 2 is 2.31 bits per heavy atom. The van der Waals surface area contributed by atoms with Crippen LogP contribution < -0.4 is 5.32 Å². The van der Waals surface area contributed by atoms with E-state index in [0.29, 0.717) is 6.04 Å². The molecule has 0 bridgehead atoms. The Hall–Kier alpha value is -0.760. The van der Waals surface area contributed by atoms with Crippen LogP contribution in [0.3, 0.4) is 0 Å². The molecule has 1 aliphatic heterocycles. The molecule has 0 aromatic carbocycles. The summed E-state index contributed by atoms with van der Waals surface area (Å²) in [4.78, 5) is 0. The smallest absolute Gasteiger partial charge is 0.105 e. The van der Waals surface area contributed by atoms with Crippen molar-refractivity contribution >= 4 is 0 Å². The lowest BCUT2D eigenvalue weighted by molar-refractivity contribution is 0.172. The monoisotopic (exact) mass is 179 g/mol. The zero-order valence-corrected chi connectivity index (χ0v) is 8.50. The molecule has 0 spiro atoms. The van der Waals surface area contributed by atoms with Gasteiger partial charge >= 0.3 is 0 Å². The fourth-order valence-corrected chi connectivity index (χ4v) is 2.05. The topological polar surface area (TPSA) is 25.2 Å². The molecular weight excluding hydrogens is 162 g/mol. The van der Waals surface area contributed by atoms with Gasteiger partial charge in [0.05, 0.1) is 6.26 Å². The molecule has 72 valence electrons. The van der Waals surface area contributed by atoms with Crippen molar-refractivity contribution in [2.24, 2.45) is 11.8 Å². The third-order valence-corrected chi connectivity index (χ3v) is 3.09. The Kier molecular flexibility index (Phi) is 2.16. The molecule has 0 aliphatic carbocycles. The molecule has 2 atom stereocenters. The number of aryl methyl sites for hydroxylation is 1. The summed E-state index contributed by atoms with van der Waals surface area (Å²) in [5, 5.41) is 3.46. The van der Waals surface area contributed by atoms with Crippen LogP contribution >= 0.6 is 0 Å². The van der Waals surface area contributed by atoms with E-state index in [4.69, 9.17) is 4.42 Å². The van der Waals surface area contributed by atoms with Gasteiger partial charge in [0.2, 0.25) is 0 Å². The van der Waals surface area contributed by atoms with Crippen LogP contribution in [0.2, 0.25) is 0 Å². The van der Waals surface area contributed by atoms with E-state index in [1.807, 2.05) is 6.92 Å². The Bertz CT molecular complexity index is 290. The van der Waals surface area contributed by atoms with Crippen LogP contribution in [0.4, 0.5) is 0 Å². The minimum atomic E-state index is 0.527. The molecule has 2 rings (SSSR count). The standard InChI is InChI=1S/C11H17NO/c1-7(2)10-6-12-11(10)9-4-5-13-8(9)3/h4-5,7,10-12H,6H2,1-3H3. The van der Waals surface area contributed by atoms with Crippen molar-refractivity contribution in [1.29, 1.82) is 0 Å². The first-order valence-electron chi connectivity index (χ1n) is 4.97. The summed E-state index contributed by atoms with van der Waals surface area (Å²) >= 11 is 0. The van der Waals surface area contributed by atoms with E-state index in [2.05, 4.69) is 25.2 Å². The van der Waals surface area contributed by atoms with Gasteiger partial charge in [0, 0.05) is 18.2 Å². The third-order valence-electron chi connectivity index (χ3n) is 3.09. The third kappa shape index (κ3) is 1.39. The van der Waals surface area contributed by atoms with Crippen molar-refractivity contribution < 1.29 is 4.42 Å². The van der Waals surface area contributed by atoms with Crippen molar-refractivity contribution in [3.63, 3.8) is 0 Å². The van der Waals surface area contributed by atoms with Gasteiger partial charge in [-0.1, -0.05) is 13.8 Å². The van der Waals surface area contributed by atoms with Crippen molar-refractivity contribution in [1.82, 2.24) is 5.32 Å². The predicted octanol–water partition coefficient (Wildman–Crippen LogP) is 2.50. The van der Waals surface area contributed by atoms with Crippen LogP contribution in [0.25, 0.3) is 0 Å². The van der Waals surface area contributed by atoms with E-state index < -0.39 is 0 Å². The molecule has 2 heterocycles. The molecular formula is C11H17NO. The van der Waals surface area contributed by atoms with Gasteiger partial charge in [-0.3, -0.25) is 0 Å². The van der Waals surface area contributed by atoms with E-state index in [1.165, 1.54) is 5.56 Å². The van der Waals surface area contributed by atoms with Crippen LogP contribution in [0, 0.1) is 18.8 Å². The maximum Gasteiger partial charge on any atom is 0.105 e. The maximum atomic E-state index is 5.31. The van der Waals surface area contributed by atoms with Crippen LogP contribution in [-0.4, -0.2) is 6.54 Å². The average molecular weight is 179 g/mol. The lowest BCUT2D eigenvalue weighted by atomic mass is 9.79. The lowest BCUT2D eigenvalue weighted by Gasteiger charge is -2.40. The van der Waals surface area contributed by atoms with Crippen LogP contribution in [0.5, 0.6) is 0 Å². The van der Waals surface area contributed by atoms with Gasteiger partial charge in [-0.25, -0.2) is 0 Å². The Labute approximate surface area is 79.3 Å². The molecule has 0 amide bonds. The number of hydrogen-bond acceptors (Lipinski definition) is 2. The number of furan rings is 1. The number of nitrogens with one attached hydrogen (secondary N) is 1. The summed E-state index contributed by atoms with van der Waals surface area (Å²) in [7, 11) is 0. The molecule has 1 aromatic rings. The second-order valence-corrected chi connectivity index (χ2v) is 4.23. The molecule has 2 nitrogen and oxygen atoms in total. The molecule has 1 fully saturated rings. The highest BCUT2D eigenvalue weighted by Gasteiger charge is 2.35. The molecule has 2 unspecified atom stereocenters. The van der Waals surface area contributed by atoms with E-state index >= 15 is 0 Å². The first kappa shape index (κ1) is 8.82.